The van der Waals surface area contributed by atoms with Gasteiger partial charge in [-0.25, -0.2) is 4.98 Å². The molecule has 0 spiro atoms. The second-order valence-corrected chi connectivity index (χ2v) is 4.60. The quantitative estimate of drug-likeness (QED) is 0.718. The van der Waals surface area contributed by atoms with Crippen molar-refractivity contribution in [3.8, 4) is 11.5 Å². The highest BCUT2D eigenvalue weighted by molar-refractivity contribution is 5.79. The Morgan fingerprint density at radius 1 is 1.32 bits per heavy atom. The third-order valence-corrected chi connectivity index (χ3v) is 3.23. The SMILES string of the molecule is CC[C@H](C)c1nnc(-c2cnc3onc(C)c3c2)o1. The molecule has 19 heavy (non-hydrogen) atoms. The van der Waals surface area contributed by atoms with Crippen molar-refractivity contribution in [2.24, 2.45) is 0 Å². The van der Waals surface area contributed by atoms with Crippen molar-refractivity contribution >= 4 is 11.1 Å². The molecule has 3 heterocycles. The first-order chi connectivity index (χ1) is 9.19. The molecule has 6 nitrogen and oxygen atoms in total. The first-order valence-electron chi connectivity index (χ1n) is 6.24. The maximum absolute atomic E-state index is 5.67. The maximum atomic E-state index is 5.67. The van der Waals surface area contributed by atoms with Gasteiger partial charge in [0.25, 0.3) is 5.71 Å². The smallest absolute Gasteiger partial charge is 0.257 e. The highest BCUT2D eigenvalue weighted by atomic mass is 16.5. The first kappa shape index (κ1) is 11.8. The number of aryl methyl sites for hydroxylation is 1. The van der Waals surface area contributed by atoms with Gasteiger partial charge in [-0.05, 0) is 19.4 Å². The predicted molar refractivity (Wildman–Crippen MR) is 68.5 cm³/mol. The predicted octanol–water partition coefficient (Wildman–Crippen LogP) is 3.09. The van der Waals surface area contributed by atoms with Crippen LogP contribution < -0.4 is 0 Å². The fraction of sp³-hybridized carbons (Fsp3) is 0.385. The van der Waals surface area contributed by atoms with E-state index in [1.807, 2.05) is 13.0 Å². The van der Waals surface area contributed by atoms with Crippen LogP contribution in [0.3, 0.4) is 0 Å². The molecule has 0 fully saturated rings. The lowest BCUT2D eigenvalue weighted by Crippen LogP contribution is -1.90. The van der Waals surface area contributed by atoms with Crippen molar-refractivity contribution in [2.75, 3.05) is 0 Å². The Hall–Kier alpha value is -2.24. The molecule has 6 heteroatoms. The Kier molecular flexibility index (Phi) is 2.77. The molecule has 98 valence electrons. The maximum Gasteiger partial charge on any atom is 0.257 e. The van der Waals surface area contributed by atoms with Gasteiger partial charge in [-0.3, -0.25) is 0 Å². The standard InChI is InChI=1S/C13H14N4O2/c1-4-7(2)11-15-16-12(18-11)9-5-10-8(3)17-19-13(10)14-6-9/h5-7H,4H2,1-3H3/t7-/m0/s1. The molecule has 0 aliphatic rings. The Morgan fingerprint density at radius 3 is 2.95 bits per heavy atom. The monoisotopic (exact) mass is 258 g/mol. The molecule has 3 aromatic rings. The van der Waals surface area contributed by atoms with Crippen LogP contribution in [0.25, 0.3) is 22.6 Å². The van der Waals surface area contributed by atoms with Crippen LogP contribution in [-0.4, -0.2) is 20.3 Å². The van der Waals surface area contributed by atoms with E-state index in [4.69, 9.17) is 8.94 Å². The number of nitrogens with zero attached hydrogens (tertiary/aromatic N) is 4. The molecule has 0 aliphatic heterocycles. The molecule has 0 saturated carbocycles. The molecule has 3 aromatic heterocycles. The summed E-state index contributed by atoms with van der Waals surface area (Å²) in [5.41, 5.74) is 2.09. The number of hydrogen-bond acceptors (Lipinski definition) is 6. The second-order valence-electron chi connectivity index (χ2n) is 4.60. The number of rotatable bonds is 3. The summed E-state index contributed by atoms with van der Waals surface area (Å²) in [7, 11) is 0. The summed E-state index contributed by atoms with van der Waals surface area (Å²) in [5.74, 6) is 1.39. The van der Waals surface area contributed by atoms with E-state index in [-0.39, 0.29) is 5.92 Å². The average Bonchev–Trinajstić information content (AvgIpc) is 3.05. The van der Waals surface area contributed by atoms with Gasteiger partial charge in [0.05, 0.1) is 16.6 Å². The van der Waals surface area contributed by atoms with Crippen LogP contribution in [0.15, 0.2) is 21.2 Å². The normalized spacial score (nSPS) is 13.0. The Labute approximate surface area is 109 Å². The van der Waals surface area contributed by atoms with Gasteiger partial charge < -0.3 is 8.94 Å². The minimum Gasteiger partial charge on any atom is -0.420 e. The molecule has 0 aromatic carbocycles. The Balaban J connectivity index is 2.03. The van der Waals surface area contributed by atoms with Crippen molar-refractivity contribution in [3.63, 3.8) is 0 Å². The van der Waals surface area contributed by atoms with Crippen LogP contribution in [0.1, 0.15) is 37.8 Å². The third-order valence-electron chi connectivity index (χ3n) is 3.23. The summed E-state index contributed by atoms with van der Waals surface area (Å²) in [6.45, 7) is 6.02. The van der Waals surface area contributed by atoms with Gasteiger partial charge in [-0.2, -0.15) is 0 Å². The minimum absolute atomic E-state index is 0.260. The number of pyridine rings is 1. The van der Waals surface area contributed by atoms with Crippen LogP contribution in [0, 0.1) is 6.92 Å². The van der Waals surface area contributed by atoms with Gasteiger partial charge in [-0.15, -0.1) is 10.2 Å². The molecule has 0 N–H and O–H groups in total. The molecule has 0 unspecified atom stereocenters. The van der Waals surface area contributed by atoms with Crippen molar-refractivity contribution in [3.05, 3.63) is 23.8 Å². The Morgan fingerprint density at radius 2 is 2.16 bits per heavy atom. The van der Waals surface area contributed by atoms with Gasteiger partial charge in [-0.1, -0.05) is 19.0 Å². The highest BCUT2D eigenvalue weighted by Crippen LogP contribution is 2.25. The van der Waals surface area contributed by atoms with Crippen molar-refractivity contribution in [1.82, 2.24) is 20.3 Å². The van der Waals surface area contributed by atoms with Crippen LogP contribution >= 0.6 is 0 Å². The number of hydrogen-bond donors (Lipinski definition) is 0. The third kappa shape index (κ3) is 1.99. The first-order valence-corrected chi connectivity index (χ1v) is 6.24. The molecule has 0 aliphatic carbocycles. The van der Waals surface area contributed by atoms with E-state index in [9.17, 15) is 0 Å². The molecule has 0 saturated heterocycles. The van der Waals surface area contributed by atoms with Gasteiger partial charge in [0.15, 0.2) is 0 Å². The summed E-state index contributed by atoms with van der Waals surface area (Å²) < 4.78 is 10.7. The summed E-state index contributed by atoms with van der Waals surface area (Å²) in [4.78, 5) is 4.20. The molecule has 3 rings (SSSR count). The topological polar surface area (TPSA) is 77.8 Å². The van der Waals surface area contributed by atoms with Gasteiger partial charge >= 0.3 is 0 Å². The van der Waals surface area contributed by atoms with Gasteiger partial charge in [0.1, 0.15) is 0 Å². The van der Waals surface area contributed by atoms with E-state index in [2.05, 4.69) is 34.2 Å². The molecule has 0 radical (unpaired) electrons. The fourth-order valence-electron chi connectivity index (χ4n) is 1.79. The van der Waals surface area contributed by atoms with Crippen LogP contribution in [0.5, 0.6) is 0 Å². The van der Waals surface area contributed by atoms with Crippen LogP contribution in [0.4, 0.5) is 0 Å². The molecule has 1 atom stereocenters. The van der Waals surface area contributed by atoms with Crippen molar-refractivity contribution in [1.29, 1.82) is 0 Å². The molecular formula is C13H14N4O2. The van der Waals surface area contributed by atoms with Crippen LogP contribution in [0.2, 0.25) is 0 Å². The van der Waals surface area contributed by atoms with Crippen LogP contribution in [-0.2, 0) is 0 Å². The highest BCUT2D eigenvalue weighted by Gasteiger charge is 2.15. The average molecular weight is 258 g/mol. The molecule has 0 amide bonds. The van der Waals surface area contributed by atoms with E-state index in [1.165, 1.54) is 0 Å². The lowest BCUT2D eigenvalue weighted by atomic mass is 10.1. The second kappa shape index (κ2) is 4.46. The van der Waals surface area contributed by atoms with E-state index >= 15 is 0 Å². The number of aromatic nitrogens is 4. The van der Waals surface area contributed by atoms with Gasteiger partial charge in [0, 0.05) is 12.1 Å². The van der Waals surface area contributed by atoms with E-state index in [0.717, 1.165) is 23.1 Å². The zero-order valence-electron chi connectivity index (χ0n) is 11.0. The van der Waals surface area contributed by atoms with E-state index < -0.39 is 0 Å². The number of fused-ring (bicyclic) bond motifs is 1. The Bertz CT molecular complexity index is 716. The zero-order chi connectivity index (χ0) is 13.4. The fourth-order valence-corrected chi connectivity index (χ4v) is 1.79. The van der Waals surface area contributed by atoms with Crippen molar-refractivity contribution < 1.29 is 8.94 Å². The minimum atomic E-state index is 0.260. The molecule has 0 bridgehead atoms. The summed E-state index contributed by atoms with van der Waals surface area (Å²) in [6.07, 6.45) is 2.62. The van der Waals surface area contributed by atoms with Gasteiger partial charge in [0.2, 0.25) is 11.8 Å². The zero-order valence-corrected chi connectivity index (χ0v) is 11.0. The lowest BCUT2D eigenvalue weighted by Gasteiger charge is -1.99. The van der Waals surface area contributed by atoms with E-state index in [0.29, 0.717) is 17.5 Å². The summed E-state index contributed by atoms with van der Waals surface area (Å²) >= 11 is 0. The summed E-state index contributed by atoms with van der Waals surface area (Å²) in [5, 5.41) is 12.9. The largest absolute Gasteiger partial charge is 0.420 e. The summed E-state index contributed by atoms with van der Waals surface area (Å²) in [6, 6.07) is 1.90. The lowest BCUT2D eigenvalue weighted by molar-refractivity contribution is 0.443. The van der Waals surface area contributed by atoms with E-state index in [1.54, 1.807) is 6.20 Å². The van der Waals surface area contributed by atoms with Crippen molar-refractivity contribution in [2.45, 2.75) is 33.1 Å². The molecular weight excluding hydrogens is 244 g/mol.